The lowest BCUT2D eigenvalue weighted by Crippen LogP contribution is -2.47. The predicted octanol–water partition coefficient (Wildman–Crippen LogP) is 6.38. The lowest BCUT2D eigenvalue weighted by Gasteiger charge is -2.34. The number of likely N-dealkylation sites (tertiary alicyclic amines) is 1. The number of carbonyl (C=O) groups is 1. The Morgan fingerprint density at radius 3 is 2.64 bits per heavy atom. The van der Waals surface area contributed by atoms with E-state index < -0.39 is 21.7 Å². The molecule has 5 rings (SSSR count). The van der Waals surface area contributed by atoms with E-state index in [0.29, 0.717) is 53.0 Å². The summed E-state index contributed by atoms with van der Waals surface area (Å²) in [5, 5.41) is 4.79. The normalized spacial score (nSPS) is 16.0. The summed E-state index contributed by atoms with van der Waals surface area (Å²) < 4.78 is 45.6. The Hall–Kier alpha value is -4.49. The van der Waals surface area contributed by atoms with Gasteiger partial charge in [-0.15, -0.1) is 0 Å². The van der Waals surface area contributed by atoms with Crippen molar-refractivity contribution in [3.8, 4) is 22.9 Å². The molecule has 1 aliphatic heterocycles. The Kier molecular flexibility index (Phi) is 10.2. The minimum atomic E-state index is -3.67. The van der Waals surface area contributed by atoms with Crippen LogP contribution < -0.4 is 14.8 Å². The molecule has 2 aromatic heterocycles. The average Bonchev–Trinajstić information content (AvgIpc) is 3.02. The standard InChI is InChI=1S/C34H42N6O6S/c1-22-14-15-25-26(11-7-13-29(25)39-47(42,43)21-23(2)44-6)30(22)45-31-27(12-8-17-35-31)28-16-18-36-32(38-28)37-24-10-9-19-40(20-24)33(41)46-34(3,4)5/h7-8,11-18,23-24,39H,9-10,19-21H2,1-6H3,(H,36,37,38)/t23-,24-/m0/s1. The zero-order chi connectivity index (χ0) is 33.8. The number of anilines is 2. The highest BCUT2D eigenvalue weighted by Gasteiger charge is 2.28. The number of aryl methyl sites for hydroxylation is 1. The number of nitrogens with one attached hydrogen (secondary N) is 2. The van der Waals surface area contributed by atoms with Gasteiger partial charge in [-0.3, -0.25) is 4.72 Å². The maximum absolute atomic E-state index is 12.8. The highest BCUT2D eigenvalue weighted by atomic mass is 32.2. The van der Waals surface area contributed by atoms with E-state index in [1.54, 1.807) is 48.5 Å². The quantitative estimate of drug-likeness (QED) is 0.196. The maximum atomic E-state index is 12.8. The number of pyridine rings is 1. The molecule has 2 atom stereocenters. The number of piperidine rings is 1. The van der Waals surface area contributed by atoms with Crippen LogP contribution >= 0.6 is 0 Å². The van der Waals surface area contributed by atoms with Gasteiger partial charge in [0.25, 0.3) is 0 Å². The molecular weight excluding hydrogens is 620 g/mol. The number of nitrogens with zero attached hydrogens (tertiary/aromatic N) is 4. The Labute approximate surface area is 275 Å². The molecule has 12 nitrogen and oxygen atoms in total. The molecule has 47 heavy (non-hydrogen) atoms. The smallest absolute Gasteiger partial charge is 0.410 e. The van der Waals surface area contributed by atoms with Crippen molar-refractivity contribution in [1.82, 2.24) is 19.9 Å². The van der Waals surface area contributed by atoms with Crippen LogP contribution in [0.15, 0.2) is 60.9 Å². The number of benzene rings is 2. The number of methoxy groups -OCH3 is 1. The van der Waals surface area contributed by atoms with Crippen molar-refractivity contribution < 1.29 is 27.4 Å². The van der Waals surface area contributed by atoms with Crippen LogP contribution in [0.5, 0.6) is 11.6 Å². The molecule has 1 amide bonds. The van der Waals surface area contributed by atoms with Crippen molar-refractivity contribution >= 4 is 38.5 Å². The number of hydrogen-bond acceptors (Lipinski definition) is 10. The molecular formula is C34H42N6O6S. The number of hydrogen-bond donors (Lipinski definition) is 2. The molecule has 0 saturated carbocycles. The SMILES string of the molecule is CO[C@@H](C)CS(=O)(=O)Nc1cccc2c(Oc3ncccc3-c3ccnc(N[C@H]4CCCN(C(=O)OC(C)(C)C)C4)n3)c(C)ccc12. The molecule has 0 radical (unpaired) electrons. The maximum Gasteiger partial charge on any atom is 0.410 e. The van der Waals surface area contributed by atoms with Gasteiger partial charge in [0.1, 0.15) is 11.4 Å². The summed E-state index contributed by atoms with van der Waals surface area (Å²) in [7, 11) is -2.19. The Morgan fingerprint density at radius 2 is 1.87 bits per heavy atom. The zero-order valence-electron chi connectivity index (χ0n) is 27.6. The van der Waals surface area contributed by atoms with Gasteiger partial charge in [-0.05, 0) is 77.3 Å². The van der Waals surface area contributed by atoms with Crippen LogP contribution in [0.1, 0.15) is 46.1 Å². The highest BCUT2D eigenvalue weighted by molar-refractivity contribution is 7.92. The lowest BCUT2D eigenvalue weighted by molar-refractivity contribution is 0.0206. The van der Waals surface area contributed by atoms with Gasteiger partial charge in [0.2, 0.25) is 21.9 Å². The van der Waals surface area contributed by atoms with Crippen LogP contribution in [0.2, 0.25) is 0 Å². The first-order chi connectivity index (χ1) is 22.3. The van der Waals surface area contributed by atoms with Crippen molar-refractivity contribution in [2.75, 3.05) is 36.0 Å². The number of amides is 1. The molecule has 0 aliphatic carbocycles. The predicted molar refractivity (Wildman–Crippen MR) is 182 cm³/mol. The summed E-state index contributed by atoms with van der Waals surface area (Å²) >= 11 is 0. The van der Waals surface area contributed by atoms with E-state index >= 15 is 0 Å². The molecule has 1 fully saturated rings. The fourth-order valence-electron chi connectivity index (χ4n) is 5.36. The molecule has 13 heteroatoms. The van der Waals surface area contributed by atoms with Crippen LogP contribution in [0.3, 0.4) is 0 Å². The molecule has 0 unspecified atom stereocenters. The van der Waals surface area contributed by atoms with Gasteiger partial charge in [-0.1, -0.05) is 24.3 Å². The first kappa shape index (κ1) is 33.9. The van der Waals surface area contributed by atoms with Gasteiger partial charge in [0.15, 0.2) is 0 Å². The van der Waals surface area contributed by atoms with Gasteiger partial charge in [0.05, 0.1) is 28.8 Å². The van der Waals surface area contributed by atoms with E-state index in [-0.39, 0.29) is 17.9 Å². The van der Waals surface area contributed by atoms with Gasteiger partial charge in [0, 0.05) is 49.4 Å². The van der Waals surface area contributed by atoms with Gasteiger partial charge >= 0.3 is 6.09 Å². The fourth-order valence-corrected chi connectivity index (χ4v) is 6.71. The molecule has 250 valence electrons. The first-order valence-corrected chi connectivity index (χ1v) is 17.2. The van der Waals surface area contributed by atoms with E-state index in [0.717, 1.165) is 23.8 Å². The number of carbonyl (C=O) groups excluding carboxylic acids is 1. The summed E-state index contributed by atoms with van der Waals surface area (Å²) in [6, 6.07) is 14.6. The third kappa shape index (κ3) is 8.66. The third-order valence-corrected chi connectivity index (χ3v) is 9.08. The number of ether oxygens (including phenoxy) is 3. The van der Waals surface area contributed by atoms with Crippen LogP contribution in [0, 0.1) is 6.92 Å². The van der Waals surface area contributed by atoms with Crippen LogP contribution in [-0.4, -0.2) is 78.1 Å². The van der Waals surface area contributed by atoms with Crippen LogP contribution in [-0.2, 0) is 19.5 Å². The second-order valence-electron chi connectivity index (χ2n) is 12.7. The second kappa shape index (κ2) is 14.1. The summed E-state index contributed by atoms with van der Waals surface area (Å²) in [5.74, 6) is 1.13. The summed E-state index contributed by atoms with van der Waals surface area (Å²) in [4.78, 5) is 28.1. The minimum absolute atomic E-state index is 0.0428. The number of rotatable bonds is 10. The van der Waals surface area contributed by atoms with E-state index in [9.17, 15) is 13.2 Å². The molecule has 4 aromatic rings. The molecule has 1 aliphatic rings. The topological polar surface area (TPSA) is 145 Å². The first-order valence-electron chi connectivity index (χ1n) is 15.6. The van der Waals surface area contributed by atoms with E-state index in [4.69, 9.17) is 19.2 Å². The van der Waals surface area contributed by atoms with Crippen molar-refractivity contribution in [2.24, 2.45) is 0 Å². The largest absolute Gasteiger partial charge is 0.444 e. The molecule has 0 spiro atoms. The molecule has 1 saturated heterocycles. The van der Waals surface area contributed by atoms with Gasteiger partial charge in [-0.25, -0.2) is 28.2 Å². The summed E-state index contributed by atoms with van der Waals surface area (Å²) in [5.41, 5.74) is 1.98. The Morgan fingerprint density at radius 1 is 1.06 bits per heavy atom. The van der Waals surface area contributed by atoms with Crippen LogP contribution in [0.4, 0.5) is 16.4 Å². The second-order valence-corrected chi connectivity index (χ2v) is 14.4. The summed E-state index contributed by atoms with van der Waals surface area (Å²) in [6.45, 7) is 10.3. The van der Waals surface area contributed by atoms with Crippen molar-refractivity contribution in [2.45, 2.75) is 65.2 Å². The van der Waals surface area contributed by atoms with Crippen LogP contribution in [0.25, 0.3) is 22.0 Å². The van der Waals surface area contributed by atoms with Crippen molar-refractivity contribution in [1.29, 1.82) is 0 Å². The van der Waals surface area contributed by atoms with Gasteiger partial charge < -0.3 is 24.4 Å². The number of fused-ring (bicyclic) bond motifs is 1. The van der Waals surface area contributed by atoms with Gasteiger partial charge in [-0.2, -0.15) is 0 Å². The van der Waals surface area contributed by atoms with Crippen molar-refractivity contribution in [3.05, 3.63) is 66.5 Å². The van der Waals surface area contributed by atoms with E-state index in [2.05, 4.69) is 20.0 Å². The molecule has 2 N–H and O–H groups in total. The minimum Gasteiger partial charge on any atom is -0.444 e. The Bertz CT molecular complexity index is 1840. The molecule has 0 bridgehead atoms. The van der Waals surface area contributed by atoms with E-state index in [1.165, 1.54) is 7.11 Å². The van der Waals surface area contributed by atoms with E-state index in [1.807, 2.05) is 52.0 Å². The number of sulfonamides is 1. The lowest BCUT2D eigenvalue weighted by atomic mass is 10.0. The van der Waals surface area contributed by atoms with Crippen molar-refractivity contribution in [3.63, 3.8) is 0 Å². The third-order valence-electron chi connectivity index (χ3n) is 7.64. The Balaban J connectivity index is 1.39. The average molecular weight is 663 g/mol. The monoisotopic (exact) mass is 662 g/mol. The molecule has 3 heterocycles. The summed E-state index contributed by atoms with van der Waals surface area (Å²) in [6.07, 6.45) is 4.21. The zero-order valence-corrected chi connectivity index (χ0v) is 28.4. The number of aromatic nitrogens is 3. The highest BCUT2D eigenvalue weighted by Crippen LogP contribution is 2.39. The fraction of sp³-hybridized carbons (Fsp3) is 0.412. The molecule has 2 aromatic carbocycles.